The van der Waals surface area contributed by atoms with Gasteiger partial charge in [0.25, 0.3) is 5.91 Å². The van der Waals surface area contributed by atoms with Crippen LogP contribution in [0.15, 0.2) is 60.9 Å². The molecule has 2 aromatic carbocycles. The van der Waals surface area contributed by atoms with Gasteiger partial charge in [-0.15, -0.1) is 5.10 Å². The molecule has 1 N–H and O–H groups in total. The number of carbonyl (C=O) groups excluding carboxylic acids is 1. The summed E-state index contributed by atoms with van der Waals surface area (Å²) in [5.41, 5.74) is 2.49. The zero-order valence-corrected chi connectivity index (χ0v) is 12.6. The van der Waals surface area contributed by atoms with Crippen LogP contribution in [-0.2, 0) is 6.42 Å². The van der Waals surface area contributed by atoms with E-state index in [-0.39, 0.29) is 5.91 Å². The maximum atomic E-state index is 12.4. The highest BCUT2D eigenvalue weighted by Gasteiger charge is 2.12. The second-order valence-corrected chi connectivity index (χ2v) is 5.12. The van der Waals surface area contributed by atoms with E-state index >= 15 is 0 Å². The number of aromatic nitrogens is 4. The van der Waals surface area contributed by atoms with E-state index < -0.39 is 0 Å². The van der Waals surface area contributed by atoms with Crippen LogP contribution in [-0.4, -0.2) is 32.7 Å². The third kappa shape index (κ3) is 3.79. The molecule has 0 aliphatic carbocycles. The first-order chi connectivity index (χ1) is 11.3. The second kappa shape index (κ2) is 7.31. The highest BCUT2D eigenvalue weighted by atomic mass is 16.1. The molecule has 0 unspecified atom stereocenters. The lowest BCUT2D eigenvalue weighted by Gasteiger charge is -2.09. The Balaban J connectivity index is 1.59. The Kier molecular flexibility index (Phi) is 4.73. The van der Waals surface area contributed by atoms with Gasteiger partial charge in [-0.2, -0.15) is 4.68 Å². The first kappa shape index (κ1) is 14.9. The largest absolute Gasteiger partial charge is 0.352 e. The summed E-state index contributed by atoms with van der Waals surface area (Å²) in [5, 5.41) is 14.0. The minimum atomic E-state index is -0.121. The molecule has 0 saturated heterocycles. The van der Waals surface area contributed by atoms with E-state index in [2.05, 4.69) is 33.0 Å². The highest BCUT2D eigenvalue weighted by Crippen LogP contribution is 2.12. The molecule has 23 heavy (non-hydrogen) atoms. The molecule has 0 saturated carbocycles. The number of benzene rings is 2. The molecule has 0 aliphatic heterocycles. The number of nitrogens with zero attached hydrogens (tertiary/aromatic N) is 4. The van der Waals surface area contributed by atoms with Crippen LogP contribution < -0.4 is 5.32 Å². The van der Waals surface area contributed by atoms with Crippen molar-refractivity contribution in [3.63, 3.8) is 0 Å². The smallest absolute Gasteiger partial charge is 0.253 e. The Hall–Kier alpha value is -3.02. The molecular weight excluding hydrogens is 290 g/mol. The van der Waals surface area contributed by atoms with Gasteiger partial charge >= 0.3 is 0 Å². The van der Waals surface area contributed by atoms with Crippen molar-refractivity contribution >= 4 is 5.91 Å². The third-order valence-electron chi connectivity index (χ3n) is 3.52. The summed E-state index contributed by atoms with van der Waals surface area (Å²) in [7, 11) is 0. The van der Waals surface area contributed by atoms with Crippen molar-refractivity contribution in [1.29, 1.82) is 0 Å². The van der Waals surface area contributed by atoms with E-state index in [1.807, 2.05) is 36.4 Å². The van der Waals surface area contributed by atoms with E-state index in [0.717, 1.165) is 12.8 Å². The van der Waals surface area contributed by atoms with Gasteiger partial charge in [0.15, 0.2) is 0 Å². The first-order valence-corrected chi connectivity index (χ1v) is 7.49. The van der Waals surface area contributed by atoms with Gasteiger partial charge < -0.3 is 5.32 Å². The van der Waals surface area contributed by atoms with Gasteiger partial charge in [-0.25, -0.2) is 0 Å². The van der Waals surface area contributed by atoms with E-state index in [9.17, 15) is 4.79 Å². The fourth-order valence-corrected chi connectivity index (χ4v) is 2.37. The van der Waals surface area contributed by atoms with Crippen LogP contribution in [0.1, 0.15) is 22.3 Å². The topological polar surface area (TPSA) is 72.7 Å². The fraction of sp³-hybridized carbons (Fsp3) is 0.176. The number of para-hydroxylation sites is 1. The SMILES string of the molecule is O=C(NCCCc1ccccc1)c1ccccc1-n1cnnn1. The summed E-state index contributed by atoms with van der Waals surface area (Å²) >= 11 is 0. The molecule has 6 heteroatoms. The van der Waals surface area contributed by atoms with Gasteiger partial charge in [0.1, 0.15) is 6.33 Å². The number of hydrogen-bond acceptors (Lipinski definition) is 4. The van der Waals surface area contributed by atoms with Crippen LogP contribution in [0.3, 0.4) is 0 Å². The van der Waals surface area contributed by atoms with Crippen molar-refractivity contribution in [3.8, 4) is 5.69 Å². The van der Waals surface area contributed by atoms with Gasteiger partial charge in [0, 0.05) is 6.54 Å². The Bertz CT molecular complexity index is 756. The molecule has 116 valence electrons. The summed E-state index contributed by atoms with van der Waals surface area (Å²) in [4.78, 5) is 12.4. The lowest BCUT2D eigenvalue weighted by Crippen LogP contribution is -2.26. The summed E-state index contributed by atoms with van der Waals surface area (Å²) in [6.07, 6.45) is 3.31. The van der Waals surface area contributed by atoms with Gasteiger partial charge in [-0.1, -0.05) is 42.5 Å². The molecule has 0 atom stereocenters. The molecule has 0 aliphatic rings. The molecule has 3 rings (SSSR count). The van der Waals surface area contributed by atoms with E-state index in [1.165, 1.54) is 16.6 Å². The Labute approximate surface area is 134 Å². The predicted octanol–water partition coefficient (Wildman–Crippen LogP) is 2.02. The second-order valence-electron chi connectivity index (χ2n) is 5.12. The molecule has 0 spiro atoms. The lowest BCUT2D eigenvalue weighted by molar-refractivity contribution is 0.0953. The Morgan fingerprint density at radius 3 is 2.61 bits per heavy atom. The van der Waals surface area contributed by atoms with Crippen LogP contribution in [0.5, 0.6) is 0 Å². The normalized spacial score (nSPS) is 10.4. The van der Waals surface area contributed by atoms with Gasteiger partial charge in [0.05, 0.1) is 11.3 Å². The van der Waals surface area contributed by atoms with Gasteiger partial charge in [-0.05, 0) is 41.0 Å². The minimum absolute atomic E-state index is 0.121. The minimum Gasteiger partial charge on any atom is -0.352 e. The quantitative estimate of drug-likeness (QED) is 0.707. The summed E-state index contributed by atoms with van der Waals surface area (Å²) < 4.78 is 1.49. The maximum Gasteiger partial charge on any atom is 0.253 e. The summed E-state index contributed by atoms with van der Waals surface area (Å²) in [6.45, 7) is 0.623. The fourth-order valence-electron chi connectivity index (χ4n) is 2.37. The lowest BCUT2D eigenvalue weighted by atomic mass is 10.1. The number of aryl methyl sites for hydroxylation is 1. The molecule has 0 fully saturated rings. The van der Waals surface area contributed by atoms with Crippen molar-refractivity contribution in [3.05, 3.63) is 72.1 Å². The molecule has 0 radical (unpaired) electrons. The molecular formula is C17H17N5O. The van der Waals surface area contributed by atoms with Crippen molar-refractivity contribution in [2.75, 3.05) is 6.54 Å². The molecule has 1 amide bonds. The van der Waals surface area contributed by atoms with Crippen LogP contribution >= 0.6 is 0 Å². The van der Waals surface area contributed by atoms with Crippen LogP contribution in [0.25, 0.3) is 5.69 Å². The van der Waals surface area contributed by atoms with Gasteiger partial charge in [-0.3, -0.25) is 4.79 Å². The van der Waals surface area contributed by atoms with Crippen molar-refractivity contribution in [1.82, 2.24) is 25.5 Å². The van der Waals surface area contributed by atoms with Gasteiger partial charge in [0.2, 0.25) is 0 Å². The molecule has 1 heterocycles. The molecule has 0 bridgehead atoms. The summed E-state index contributed by atoms with van der Waals surface area (Å²) in [6, 6.07) is 17.5. The average Bonchev–Trinajstić information content (AvgIpc) is 3.14. The third-order valence-corrected chi connectivity index (χ3v) is 3.52. The maximum absolute atomic E-state index is 12.4. The zero-order chi connectivity index (χ0) is 15.9. The number of rotatable bonds is 6. The van der Waals surface area contributed by atoms with Crippen LogP contribution in [0.4, 0.5) is 0 Å². The molecule has 1 aromatic heterocycles. The van der Waals surface area contributed by atoms with E-state index in [1.54, 1.807) is 6.07 Å². The number of carbonyl (C=O) groups is 1. The van der Waals surface area contributed by atoms with Crippen LogP contribution in [0, 0.1) is 0 Å². The predicted molar refractivity (Wildman–Crippen MR) is 86.3 cm³/mol. The number of amides is 1. The number of hydrogen-bond donors (Lipinski definition) is 1. The van der Waals surface area contributed by atoms with Crippen molar-refractivity contribution < 1.29 is 4.79 Å². The monoisotopic (exact) mass is 307 g/mol. The van der Waals surface area contributed by atoms with E-state index in [0.29, 0.717) is 17.8 Å². The summed E-state index contributed by atoms with van der Waals surface area (Å²) in [5.74, 6) is -0.121. The van der Waals surface area contributed by atoms with Crippen molar-refractivity contribution in [2.45, 2.75) is 12.8 Å². The zero-order valence-electron chi connectivity index (χ0n) is 12.6. The van der Waals surface area contributed by atoms with E-state index in [4.69, 9.17) is 0 Å². The average molecular weight is 307 g/mol. The standard InChI is InChI=1S/C17H17N5O/c23-17(18-12-6-9-14-7-2-1-3-8-14)15-10-4-5-11-16(15)22-13-19-20-21-22/h1-5,7-8,10-11,13H,6,9,12H2,(H,18,23). The Morgan fingerprint density at radius 2 is 1.83 bits per heavy atom. The highest BCUT2D eigenvalue weighted by molar-refractivity contribution is 5.97. The first-order valence-electron chi connectivity index (χ1n) is 7.49. The van der Waals surface area contributed by atoms with Crippen molar-refractivity contribution in [2.24, 2.45) is 0 Å². The van der Waals surface area contributed by atoms with Crippen LogP contribution in [0.2, 0.25) is 0 Å². The molecule has 6 nitrogen and oxygen atoms in total. The molecule has 3 aromatic rings. The number of tetrazole rings is 1. The Morgan fingerprint density at radius 1 is 1.04 bits per heavy atom. The number of nitrogens with one attached hydrogen (secondary N) is 1.